The molecule has 1 amide bonds. The Morgan fingerprint density at radius 1 is 1.35 bits per heavy atom. The van der Waals surface area contributed by atoms with Crippen molar-refractivity contribution in [1.82, 2.24) is 10.3 Å². The summed E-state index contributed by atoms with van der Waals surface area (Å²) < 4.78 is 0. The van der Waals surface area contributed by atoms with Crippen molar-refractivity contribution < 1.29 is 4.79 Å². The molecule has 0 saturated carbocycles. The van der Waals surface area contributed by atoms with E-state index >= 15 is 0 Å². The Kier molecular flexibility index (Phi) is 4.74. The molecular weight excluding hydrogens is 272 g/mol. The third-order valence-corrected chi connectivity index (χ3v) is 3.87. The van der Waals surface area contributed by atoms with Gasteiger partial charge in [0.05, 0.1) is 11.4 Å². The topological polar surface area (TPSA) is 62.0 Å². The zero-order valence-corrected chi connectivity index (χ0v) is 12.4. The zero-order valence-electron chi connectivity index (χ0n) is 11.6. The van der Waals surface area contributed by atoms with E-state index < -0.39 is 0 Å². The summed E-state index contributed by atoms with van der Waals surface area (Å²) in [6, 6.07) is 6.79. The van der Waals surface area contributed by atoms with Crippen molar-refractivity contribution >= 4 is 17.2 Å². The number of hydrogen-bond acceptors (Lipinski definition) is 3. The molecule has 0 aliphatic carbocycles. The molecule has 0 atom stereocenters. The van der Waals surface area contributed by atoms with Crippen molar-refractivity contribution in [2.24, 2.45) is 5.92 Å². The summed E-state index contributed by atoms with van der Waals surface area (Å²) in [5, 5.41) is 2.81. The number of thiophene rings is 1. The molecule has 2 heterocycles. The van der Waals surface area contributed by atoms with Crippen molar-refractivity contribution in [3.63, 3.8) is 0 Å². The lowest BCUT2D eigenvalue weighted by Crippen LogP contribution is -2.23. The number of carbonyl (C=O) groups excluding carboxylic acids is 1. The number of rotatable bonds is 5. The van der Waals surface area contributed by atoms with Crippen molar-refractivity contribution in [3.8, 4) is 0 Å². The molecule has 2 aromatic rings. The second-order valence-electron chi connectivity index (χ2n) is 5.10. The van der Waals surface area contributed by atoms with Crippen LogP contribution in [0.4, 0.5) is 0 Å². The average Bonchev–Trinajstić information content (AvgIpc) is 2.84. The summed E-state index contributed by atoms with van der Waals surface area (Å²) in [4.78, 5) is 28.1. The molecule has 0 aromatic carbocycles. The molecule has 20 heavy (non-hydrogen) atoms. The fourth-order valence-electron chi connectivity index (χ4n) is 1.87. The molecule has 4 nitrogen and oxygen atoms in total. The molecule has 0 saturated heterocycles. The zero-order chi connectivity index (χ0) is 14.5. The van der Waals surface area contributed by atoms with Gasteiger partial charge in [-0.15, -0.1) is 11.3 Å². The molecule has 0 unspecified atom stereocenters. The quantitative estimate of drug-likeness (QED) is 0.889. The number of pyridine rings is 1. The van der Waals surface area contributed by atoms with Crippen molar-refractivity contribution in [2.75, 3.05) is 0 Å². The van der Waals surface area contributed by atoms with E-state index in [-0.39, 0.29) is 11.3 Å². The van der Waals surface area contributed by atoms with E-state index in [0.29, 0.717) is 23.0 Å². The number of aromatic nitrogens is 1. The molecule has 2 aromatic heterocycles. The number of amides is 1. The SMILES string of the molecule is CC(C)Cc1ccc(C(=O)NCc2cc(=O)cc[nH]2)s1. The van der Waals surface area contributed by atoms with E-state index in [0.717, 1.165) is 6.42 Å². The summed E-state index contributed by atoms with van der Waals surface area (Å²) >= 11 is 1.52. The summed E-state index contributed by atoms with van der Waals surface area (Å²) in [7, 11) is 0. The number of hydrogen-bond donors (Lipinski definition) is 2. The highest BCUT2D eigenvalue weighted by molar-refractivity contribution is 7.14. The summed E-state index contributed by atoms with van der Waals surface area (Å²) in [5.41, 5.74) is 0.633. The Morgan fingerprint density at radius 3 is 2.85 bits per heavy atom. The van der Waals surface area contributed by atoms with Crippen LogP contribution in [-0.4, -0.2) is 10.9 Å². The maximum Gasteiger partial charge on any atom is 0.261 e. The minimum Gasteiger partial charge on any atom is -0.363 e. The van der Waals surface area contributed by atoms with E-state index in [4.69, 9.17) is 0 Å². The molecule has 0 aliphatic rings. The van der Waals surface area contributed by atoms with Crippen molar-refractivity contribution in [3.05, 3.63) is 56.1 Å². The van der Waals surface area contributed by atoms with Gasteiger partial charge in [0.15, 0.2) is 5.43 Å². The molecule has 5 heteroatoms. The smallest absolute Gasteiger partial charge is 0.261 e. The molecule has 2 rings (SSSR count). The van der Waals surface area contributed by atoms with Crippen LogP contribution in [-0.2, 0) is 13.0 Å². The van der Waals surface area contributed by atoms with Crippen LogP contribution in [0.2, 0.25) is 0 Å². The van der Waals surface area contributed by atoms with E-state index in [2.05, 4.69) is 24.1 Å². The van der Waals surface area contributed by atoms with Crippen LogP contribution in [0.25, 0.3) is 0 Å². The Bertz CT molecular complexity index is 643. The molecule has 0 radical (unpaired) electrons. The van der Waals surface area contributed by atoms with E-state index in [1.165, 1.54) is 28.3 Å². The minimum atomic E-state index is -0.102. The van der Waals surface area contributed by atoms with Crippen LogP contribution in [0.3, 0.4) is 0 Å². The van der Waals surface area contributed by atoms with Gasteiger partial charge in [0, 0.05) is 28.9 Å². The molecule has 106 valence electrons. The highest BCUT2D eigenvalue weighted by Crippen LogP contribution is 2.19. The third kappa shape index (κ3) is 4.06. The number of carbonyl (C=O) groups is 1. The standard InChI is InChI=1S/C15H18N2O2S/c1-10(2)7-13-3-4-14(20-13)15(19)17-9-11-8-12(18)5-6-16-11/h3-6,8,10H,7,9H2,1-2H3,(H,16,18)(H,17,19). The average molecular weight is 290 g/mol. The molecule has 2 N–H and O–H groups in total. The second kappa shape index (κ2) is 6.52. The lowest BCUT2D eigenvalue weighted by molar-refractivity contribution is 0.0954. The fraction of sp³-hybridized carbons (Fsp3) is 0.333. The Labute approximate surface area is 121 Å². The van der Waals surface area contributed by atoms with Gasteiger partial charge in [0.2, 0.25) is 0 Å². The van der Waals surface area contributed by atoms with Gasteiger partial charge in [-0.25, -0.2) is 0 Å². The summed E-state index contributed by atoms with van der Waals surface area (Å²) in [6.07, 6.45) is 2.57. The highest BCUT2D eigenvalue weighted by atomic mass is 32.1. The first-order chi connectivity index (χ1) is 9.54. The molecule has 0 aliphatic heterocycles. The van der Waals surface area contributed by atoms with Crippen LogP contribution in [0, 0.1) is 5.92 Å². The Hall–Kier alpha value is -1.88. The summed E-state index contributed by atoms with van der Waals surface area (Å²) in [5.74, 6) is 0.480. The van der Waals surface area contributed by atoms with Crippen LogP contribution in [0.5, 0.6) is 0 Å². The third-order valence-electron chi connectivity index (χ3n) is 2.77. The number of aromatic amines is 1. The van der Waals surface area contributed by atoms with E-state index in [9.17, 15) is 9.59 Å². The number of nitrogens with one attached hydrogen (secondary N) is 2. The first-order valence-corrected chi connectivity index (χ1v) is 7.41. The monoisotopic (exact) mass is 290 g/mol. The van der Waals surface area contributed by atoms with Crippen LogP contribution < -0.4 is 10.7 Å². The van der Waals surface area contributed by atoms with Gasteiger partial charge in [-0.1, -0.05) is 13.8 Å². The lowest BCUT2D eigenvalue weighted by atomic mass is 10.1. The van der Waals surface area contributed by atoms with Crippen molar-refractivity contribution in [1.29, 1.82) is 0 Å². The predicted molar refractivity (Wildman–Crippen MR) is 81.1 cm³/mol. The van der Waals surface area contributed by atoms with Gasteiger partial charge in [0.25, 0.3) is 5.91 Å². The molecular formula is C15H18N2O2S. The predicted octanol–water partition coefficient (Wildman–Crippen LogP) is 2.56. The van der Waals surface area contributed by atoms with Crippen LogP contribution in [0.1, 0.15) is 34.1 Å². The maximum atomic E-state index is 12.0. The van der Waals surface area contributed by atoms with Crippen LogP contribution >= 0.6 is 11.3 Å². The van der Waals surface area contributed by atoms with Gasteiger partial charge in [-0.3, -0.25) is 9.59 Å². The first kappa shape index (κ1) is 14.5. The van der Waals surface area contributed by atoms with Crippen LogP contribution in [0.15, 0.2) is 35.3 Å². The second-order valence-corrected chi connectivity index (χ2v) is 6.26. The van der Waals surface area contributed by atoms with E-state index in [1.807, 2.05) is 12.1 Å². The molecule has 0 spiro atoms. The maximum absolute atomic E-state index is 12.0. The Morgan fingerprint density at radius 2 is 2.15 bits per heavy atom. The molecule has 0 fully saturated rings. The Balaban J connectivity index is 1.95. The largest absolute Gasteiger partial charge is 0.363 e. The lowest BCUT2D eigenvalue weighted by Gasteiger charge is -2.03. The van der Waals surface area contributed by atoms with Gasteiger partial charge < -0.3 is 10.3 Å². The van der Waals surface area contributed by atoms with Gasteiger partial charge >= 0.3 is 0 Å². The fourth-order valence-corrected chi connectivity index (χ4v) is 3.01. The minimum absolute atomic E-state index is 0.0663. The summed E-state index contributed by atoms with van der Waals surface area (Å²) in [6.45, 7) is 4.64. The van der Waals surface area contributed by atoms with Crippen molar-refractivity contribution in [2.45, 2.75) is 26.8 Å². The van der Waals surface area contributed by atoms with Gasteiger partial charge in [-0.2, -0.15) is 0 Å². The first-order valence-electron chi connectivity index (χ1n) is 6.59. The van der Waals surface area contributed by atoms with E-state index in [1.54, 1.807) is 6.20 Å². The normalized spacial score (nSPS) is 10.8. The van der Waals surface area contributed by atoms with Gasteiger partial charge in [-0.05, 0) is 24.5 Å². The number of H-pyrrole nitrogens is 1. The molecule has 0 bridgehead atoms. The van der Waals surface area contributed by atoms with Gasteiger partial charge in [0.1, 0.15) is 0 Å². The highest BCUT2D eigenvalue weighted by Gasteiger charge is 2.10.